The first kappa shape index (κ1) is 21.0. The topological polar surface area (TPSA) is 67.4 Å². The maximum atomic E-state index is 12.9. The zero-order chi connectivity index (χ0) is 20.9. The van der Waals surface area contributed by atoms with Gasteiger partial charge in [-0.3, -0.25) is 15.0 Å². The van der Waals surface area contributed by atoms with Gasteiger partial charge in [0.2, 0.25) is 0 Å². The highest BCUT2D eigenvalue weighted by Gasteiger charge is 2.17. The number of nitrogens with zero attached hydrogens (tertiary/aromatic N) is 3. The minimum Gasteiger partial charge on any atom is -0.379 e. The van der Waals surface area contributed by atoms with E-state index >= 15 is 0 Å². The molecule has 1 aliphatic heterocycles. The number of hydrogen-bond donors (Lipinski definition) is 1. The Hall–Kier alpha value is -2.26. The highest BCUT2D eigenvalue weighted by atomic mass is 32.2. The molecule has 156 valence electrons. The van der Waals surface area contributed by atoms with Crippen LogP contribution in [0.2, 0.25) is 0 Å². The summed E-state index contributed by atoms with van der Waals surface area (Å²) in [5.74, 6) is -0.192. The number of morpholine rings is 1. The highest BCUT2D eigenvalue weighted by molar-refractivity contribution is 7.99. The number of hydrogen-bond acceptors (Lipinski definition) is 7. The Kier molecular flexibility index (Phi) is 6.79. The molecule has 3 heterocycles. The fraction of sp³-hybridized carbons (Fsp3) is 0.318. The van der Waals surface area contributed by atoms with Gasteiger partial charge in [-0.15, -0.1) is 11.3 Å². The van der Waals surface area contributed by atoms with Crippen LogP contribution in [0.3, 0.4) is 0 Å². The van der Waals surface area contributed by atoms with Crippen LogP contribution in [0.25, 0.3) is 0 Å². The molecule has 0 saturated carbocycles. The Morgan fingerprint density at radius 1 is 1.27 bits per heavy atom. The molecule has 0 aliphatic carbocycles. The van der Waals surface area contributed by atoms with Crippen molar-refractivity contribution in [3.05, 3.63) is 64.3 Å². The average Bonchev–Trinajstić information content (AvgIpc) is 3.18. The number of carbonyl (C=O) groups excluding carboxylic acids is 1. The molecular formula is C22H24N4O2S2. The predicted octanol–water partition coefficient (Wildman–Crippen LogP) is 4.39. The number of nitrogens with one attached hydrogen (secondary N) is 1. The first-order valence-electron chi connectivity index (χ1n) is 9.84. The van der Waals surface area contributed by atoms with E-state index < -0.39 is 0 Å². The lowest BCUT2D eigenvalue weighted by molar-refractivity contribution is 0.0337. The Balaban J connectivity index is 1.45. The molecule has 1 aliphatic rings. The largest absolute Gasteiger partial charge is 0.379 e. The summed E-state index contributed by atoms with van der Waals surface area (Å²) in [6, 6.07) is 9.87. The molecule has 1 saturated heterocycles. The van der Waals surface area contributed by atoms with Gasteiger partial charge in [0.05, 0.1) is 24.5 Å². The predicted molar refractivity (Wildman–Crippen MR) is 120 cm³/mol. The Labute approximate surface area is 184 Å². The zero-order valence-corrected chi connectivity index (χ0v) is 18.7. The van der Waals surface area contributed by atoms with E-state index in [1.54, 1.807) is 18.3 Å². The number of thiazole rings is 1. The highest BCUT2D eigenvalue weighted by Crippen LogP contribution is 2.32. The molecule has 0 atom stereocenters. The number of ether oxygens (including phenoxy) is 1. The van der Waals surface area contributed by atoms with E-state index in [1.807, 2.05) is 5.38 Å². The summed E-state index contributed by atoms with van der Waals surface area (Å²) < 4.78 is 5.39. The summed E-state index contributed by atoms with van der Waals surface area (Å²) in [6.07, 6.45) is 1.71. The van der Waals surface area contributed by atoms with Crippen LogP contribution in [0.5, 0.6) is 0 Å². The van der Waals surface area contributed by atoms with Gasteiger partial charge in [0.1, 0.15) is 5.03 Å². The Bertz CT molecular complexity index is 1030. The minimum absolute atomic E-state index is 0.192. The molecule has 6 nitrogen and oxygen atoms in total. The third-order valence-electron chi connectivity index (χ3n) is 4.81. The van der Waals surface area contributed by atoms with Crippen LogP contribution in [0.1, 0.15) is 27.2 Å². The SMILES string of the molecule is Cc1ccc(Sc2ncccc2C(=O)Nc2nc(CN3CCOCC3)cs2)c(C)c1. The quantitative estimate of drug-likeness (QED) is 0.613. The standard InChI is InChI=1S/C22H24N4O2S2/c1-15-5-6-19(16(2)12-15)30-21-18(4-3-7-23-21)20(27)25-22-24-17(14-29-22)13-26-8-10-28-11-9-26/h3-7,12,14H,8-11,13H2,1-2H3,(H,24,25,27). The van der Waals surface area contributed by atoms with E-state index in [9.17, 15) is 4.79 Å². The lowest BCUT2D eigenvalue weighted by Crippen LogP contribution is -2.35. The number of rotatable bonds is 6. The molecule has 8 heteroatoms. The Morgan fingerprint density at radius 3 is 2.90 bits per heavy atom. The summed E-state index contributed by atoms with van der Waals surface area (Å²) in [4.78, 5) is 25.4. The van der Waals surface area contributed by atoms with E-state index in [4.69, 9.17) is 4.74 Å². The molecule has 0 radical (unpaired) electrons. The van der Waals surface area contributed by atoms with Gasteiger partial charge in [0.25, 0.3) is 5.91 Å². The van der Waals surface area contributed by atoms with E-state index in [-0.39, 0.29) is 5.91 Å². The second kappa shape index (κ2) is 9.70. The molecule has 0 unspecified atom stereocenters. The van der Waals surface area contributed by atoms with Crippen molar-refractivity contribution in [1.82, 2.24) is 14.9 Å². The van der Waals surface area contributed by atoms with Gasteiger partial charge in [-0.2, -0.15) is 0 Å². The molecule has 30 heavy (non-hydrogen) atoms. The second-order valence-corrected chi connectivity index (χ2v) is 9.10. The fourth-order valence-electron chi connectivity index (χ4n) is 3.25. The van der Waals surface area contributed by atoms with Gasteiger partial charge in [0, 0.05) is 36.1 Å². The van der Waals surface area contributed by atoms with E-state index in [0.29, 0.717) is 15.7 Å². The summed E-state index contributed by atoms with van der Waals surface area (Å²) >= 11 is 2.96. The van der Waals surface area contributed by atoms with Crippen LogP contribution in [0, 0.1) is 13.8 Å². The maximum absolute atomic E-state index is 12.9. The number of amides is 1. The van der Waals surface area contributed by atoms with Crippen molar-refractivity contribution < 1.29 is 9.53 Å². The summed E-state index contributed by atoms with van der Waals surface area (Å²) in [6.45, 7) is 8.26. The number of aryl methyl sites for hydroxylation is 2. The normalized spacial score (nSPS) is 14.6. The smallest absolute Gasteiger partial charge is 0.260 e. The monoisotopic (exact) mass is 440 g/mol. The van der Waals surface area contributed by atoms with Crippen LogP contribution >= 0.6 is 23.1 Å². The number of pyridine rings is 1. The summed E-state index contributed by atoms with van der Waals surface area (Å²) in [7, 11) is 0. The van der Waals surface area contributed by atoms with Crippen LogP contribution in [0.4, 0.5) is 5.13 Å². The Morgan fingerprint density at radius 2 is 2.10 bits per heavy atom. The summed E-state index contributed by atoms with van der Waals surface area (Å²) in [5.41, 5.74) is 3.90. The van der Waals surface area contributed by atoms with E-state index in [1.165, 1.54) is 34.2 Å². The van der Waals surface area contributed by atoms with Gasteiger partial charge in [-0.25, -0.2) is 9.97 Å². The first-order valence-corrected chi connectivity index (χ1v) is 11.5. The minimum atomic E-state index is -0.192. The molecule has 3 aromatic rings. The number of benzene rings is 1. The average molecular weight is 441 g/mol. The molecular weight excluding hydrogens is 416 g/mol. The van der Waals surface area contributed by atoms with Crippen molar-refractivity contribution in [3.8, 4) is 0 Å². The summed E-state index contributed by atoms with van der Waals surface area (Å²) in [5, 5.41) is 6.23. The van der Waals surface area contributed by atoms with Gasteiger partial charge >= 0.3 is 0 Å². The molecule has 1 amide bonds. The zero-order valence-electron chi connectivity index (χ0n) is 17.1. The van der Waals surface area contributed by atoms with Crippen LogP contribution in [-0.4, -0.2) is 47.1 Å². The van der Waals surface area contributed by atoms with Crippen LogP contribution in [-0.2, 0) is 11.3 Å². The lowest BCUT2D eigenvalue weighted by Gasteiger charge is -2.25. The first-order chi connectivity index (χ1) is 14.6. The number of anilines is 1. The second-order valence-electron chi connectivity index (χ2n) is 7.21. The van der Waals surface area contributed by atoms with Crippen molar-refractivity contribution >= 4 is 34.1 Å². The number of carbonyl (C=O) groups is 1. The van der Waals surface area contributed by atoms with Crippen molar-refractivity contribution in [2.24, 2.45) is 0 Å². The van der Waals surface area contributed by atoms with Gasteiger partial charge < -0.3 is 4.74 Å². The fourth-order valence-corrected chi connectivity index (χ4v) is 4.90. The van der Waals surface area contributed by atoms with E-state index in [2.05, 4.69) is 52.2 Å². The van der Waals surface area contributed by atoms with Gasteiger partial charge in [0.15, 0.2) is 5.13 Å². The van der Waals surface area contributed by atoms with Crippen LogP contribution in [0.15, 0.2) is 51.8 Å². The third-order valence-corrected chi connectivity index (χ3v) is 6.82. The van der Waals surface area contributed by atoms with Crippen LogP contribution < -0.4 is 5.32 Å². The lowest BCUT2D eigenvalue weighted by atomic mass is 10.2. The van der Waals surface area contributed by atoms with Crippen molar-refractivity contribution in [2.75, 3.05) is 31.6 Å². The van der Waals surface area contributed by atoms with Gasteiger partial charge in [-0.05, 0) is 37.6 Å². The molecule has 0 spiro atoms. The molecule has 1 N–H and O–H groups in total. The molecule has 1 fully saturated rings. The van der Waals surface area contributed by atoms with Crippen molar-refractivity contribution in [3.63, 3.8) is 0 Å². The van der Waals surface area contributed by atoms with Gasteiger partial charge in [-0.1, -0.05) is 29.5 Å². The maximum Gasteiger partial charge on any atom is 0.260 e. The molecule has 2 aromatic heterocycles. The molecule has 0 bridgehead atoms. The van der Waals surface area contributed by atoms with E-state index in [0.717, 1.165) is 43.4 Å². The third kappa shape index (κ3) is 5.26. The van der Waals surface area contributed by atoms with Crippen molar-refractivity contribution in [1.29, 1.82) is 0 Å². The van der Waals surface area contributed by atoms with Crippen molar-refractivity contribution in [2.45, 2.75) is 30.3 Å². The molecule has 4 rings (SSSR count). The molecule has 1 aromatic carbocycles. The number of aromatic nitrogens is 2.